The molecule has 2 fully saturated rings. The van der Waals surface area contributed by atoms with Crippen molar-refractivity contribution in [2.24, 2.45) is 0 Å². The zero-order valence-electron chi connectivity index (χ0n) is 13.4. The van der Waals surface area contributed by atoms with E-state index in [1.807, 2.05) is 31.6 Å². The van der Waals surface area contributed by atoms with Gasteiger partial charge in [-0.15, -0.1) is 0 Å². The molecule has 1 atom stereocenters. The monoisotopic (exact) mass is 314 g/mol. The van der Waals surface area contributed by atoms with E-state index in [0.29, 0.717) is 6.54 Å². The van der Waals surface area contributed by atoms with Crippen LogP contribution in [0.2, 0.25) is 0 Å². The van der Waals surface area contributed by atoms with E-state index >= 15 is 0 Å². The van der Waals surface area contributed by atoms with Gasteiger partial charge in [0, 0.05) is 26.7 Å². The number of hydrogen-bond acceptors (Lipinski definition) is 4. The summed E-state index contributed by atoms with van der Waals surface area (Å²) in [5, 5.41) is 0. The van der Waals surface area contributed by atoms with Crippen LogP contribution in [0.5, 0.6) is 0 Å². The lowest BCUT2D eigenvalue weighted by Gasteiger charge is -2.38. The highest BCUT2D eigenvalue weighted by molar-refractivity contribution is 5.74. The summed E-state index contributed by atoms with van der Waals surface area (Å²) in [6.45, 7) is 4.45. The summed E-state index contributed by atoms with van der Waals surface area (Å²) in [6.07, 6.45) is 3.76. The molecule has 6 nitrogen and oxygen atoms in total. The number of fused-ring (bicyclic) bond motifs is 1. The number of ether oxygens (including phenoxy) is 1. The molecule has 0 aliphatic carbocycles. The zero-order valence-corrected chi connectivity index (χ0v) is 13.4. The Bertz CT molecular complexity index is 728. The SMILES string of the molecule is CN1CC2(CCCN(CCn3cnc4ccccc43)C2)OC1=O. The van der Waals surface area contributed by atoms with Gasteiger partial charge in [0.05, 0.1) is 23.9 Å². The summed E-state index contributed by atoms with van der Waals surface area (Å²) in [5.74, 6) is 0. The lowest BCUT2D eigenvalue weighted by Crippen LogP contribution is -2.51. The topological polar surface area (TPSA) is 50.6 Å². The first-order valence-electron chi connectivity index (χ1n) is 8.22. The van der Waals surface area contributed by atoms with Crippen LogP contribution in [0.1, 0.15) is 12.8 Å². The van der Waals surface area contributed by atoms with Gasteiger partial charge in [0.2, 0.25) is 0 Å². The highest BCUT2D eigenvalue weighted by Gasteiger charge is 2.46. The maximum absolute atomic E-state index is 11.7. The molecule has 2 aliphatic heterocycles. The fourth-order valence-electron chi connectivity index (χ4n) is 3.82. The number of carbonyl (C=O) groups is 1. The van der Waals surface area contributed by atoms with Crippen LogP contribution in [-0.2, 0) is 11.3 Å². The first kappa shape index (κ1) is 14.5. The van der Waals surface area contributed by atoms with Gasteiger partial charge in [0.15, 0.2) is 0 Å². The number of benzene rings is 1. The van der Waals surface area contributed by atoms with Gasteiger partial charge in [-0.3, -0.25) is 4.90 Å². The first-order chi connectivity index (χ1) is 11.2. The Labute approximate surface area is 135 Å². The third kappa shape index (κ3) is 2.67. The van der Waals surface area contributed by atoms with Gasteiger partial charge in [-0.1, -0.05) is 12.1 Å². The van der Waals surface area contributed by atoms with E-state index in [1.165, 1.54) is 5.52 Å². The number of likely N-dealkylation sites (N-methyl/N-ethyl adjacent to an activating group) is 1. The van der Waals surface area contributed by atoms with Crippen LogP contribution in [0.3, 0.4) is 0 Å². The number of likely N-dealkylation sites (tertiary alicyclic amines) is 1. The quantitative estimate of drug-likeness (QED) is 0.869. The highest BCUT2D eigenvalue weighted by atomic mass is 16.6. The molecule has 0 bridgehead atoms. The molecule has 1 unspecified atom stereocenters. The molecule has 1 amide bonds. The highest BCUT2D eigenvalue weighted by Crippen LogP contribution is 2.31. The van der Waals surface area contributed by atoms with Crippen molar-refractivity contribution in [3.63, 3.8) is 0 Å². The van der Waals surface area contributed by atoms with Crippen molar-refractivity contribution >= 4 is 17.1 Å². The van der Waals surface area contributed by atoms with Crippen LogP contribution < -0.4 is 0 Å². The number of amides is 1. The average Bonchev–Trinajstić information content (AvgIpc) is 3.07. The fraction of sp³-hybridized carbons (Fsp3) is 0.529. The third-order valence-corrected chi connectivity index (χ3v) is 4.94. The second-order valence-corrected chi connectivity index (χ2v) is 6.71. The number of imidazole rings is 1. The van der Waals surface area contributed by atoms with Crippen LogP contribution in [0.25, 0.3) is 11.0 Å². The maximum atomic E-state index is 11.7. The summed E-state index contributed by atoms with van der Waals surface area (Å²) < 4.78 is 7.86. The van der Waals surface area contributed by atoms with Crippen molar-refractivity contribution in [3.05, 3.63) is 30.6 Å². The van der Waals surface area contributed by atoms with Crippen molar-refractivity contribution in [1.82, 2.24) is 19.4 Å². The van der Waals surface area contributed by atoms with E-state index in [0.717, 1.165) is 44.5 Å². The second-order valence-electron chi connectivity index (χ2n) is 6.71. The summed E-state index contributed by atoms with van der Waals surface area (Å²) in [7, 11) is 1.81. The van der Waals surface area contributed by atoms with Crippen molar-refractivity contribution in [1.29, 1.82) is 0 Å². The molecular weight excluding hydrogens is 292 g/mol. The second kappa shape index (κ2) is 5.53. The molecule has 1 aromatic heterocycles. The summed E-state index contributed by atoms with van der Waals surface area (Å²) in [4.78, 5) is 20.3. The molecule has 1 spiro atoms. The van der Waals surface area contributed by atoms with Gasteiger partial charge in [-0.2, -0.15) is 0 Å². The fourth-order valence-corrected chi connectivity index (χ4v) is 3.82. The molecule has 0 N–H and O–H groups in total. The van der Waals surface area contributed by atoms with Crippen LogP contribution in [0, 0.1) is 0 Å². The Balaban J connectivity index is 1.42. The lowest BCUT2D eigenvalue weighted by molar-refractivity contribution is -0.00949. The molecule has 1 aromatic carbocycles. The molecular formula is C17H22N4O2. The molecule has 4 rings (SSSR count). The number of piperidine rings is 1. The van der Waals surface area contributed by atoms with E-state index in [1.54, 1.807) is 4.90 Å². The van der Waals surface area contributed by atoms with Gasteiger partial charge < -0.3 is 14.2 Å². The molecule has 23 heavy (non-hydrogen) atoms. The Morgan fingerprint density at radius 2 is 2.13 bits per heavy atom. The van der Waals surface area contributed by atoms with E-state index in [-0.39, 0.29) is 11.7 Å². The number of aromatic nitrogens is 2. The smallest absolute Gasteiger partial charge is 0.410 e. The Morgan fingerprint density at radius 1 is 1.26 bits per heavy atom. The molecule has 2 saturated heterocycles. The Morgan fingerprint density at radius 3 is 2.96 bits per heavy atom. The molecule has 122 valence electrons. The Kier molecular flexibility index (Phi) is 3.49. The molecule has 0 saturated carbocycles. The van der Waals surface area contributed by atoms with E-state index < -0.39 is 0 Å². The van der Waals surface area contributed by atoms with Crippen molar-refractivity contribution < 1.29 is 9.53 Å². The van der Waals surface area contributed by atoms with Crippen LogP contribution >= 0.6 is 0 Å². The number of rotatable bonds is 3. The van der Waals surface area contributed by atoms with E-state index in [4.69, 9.17) is 4.74 Å². The predicted octanol–water partition coefficient (Wildman–Crippen LogP) is 1.95. The molecule has 3 heterocycles. The van der Waals surface area contributed by atoms with Gasteiger partial charge in [-0.05, 0) is 31.5 Å². The normalized spacial score (nSPS) is 25.4. The minimum absolute atomic E-state index is 0.188. The van der Waals surface area contributed by atoms with Crippen LogP contribution in [-0.4, -0.2) is 64.3 Å². The number of nitrogens with zero attached hydrogens (tertiary/aromatic N) is 4. The minimum Gasteiger partial charge on any atom is -0.440 e. The Hall–Kier alpha value is -2.08. The van der Waals surface area contributed by atoms with Crippen molar-refractivity contribution in [2.75, 3.05) is 33.2 Å². The summed E-state index contributed by atoms with van der Waals surface area (Å²) in [5.41, 5.74) is 1.90. The largest absolute Gasteiger partial charge is 0.440 e. The molecule has 2 aliphatic rings. The summed E-state index contributed by atoms with van der Waals surface area (Å²) in [6, 6.07) is 8.20. The van der Waals surface area contributed by atoms with E-state index in [9.17, 15) is 4.79 Å². The van der Waals surface area contributed by atoms with Crippen LogP contribution in [0.15, 0.2) is 30.6 Å². The van der Waals surface area contributed by atoms with Gasteiger partial charge in [-0.25, -0.2) is 9.78 Å². The molecule has 2 aromatic rings. The predicted molar refractivity (Wildman–Crippen MR) is 87.2 cm³/mol. The number of hydrogen-bond donors (Lipinski definition) is 0. The van der Waals surface area contributed by atoms with Gasteiger partial charge in [0.25, 0.3) is 0 Å². The number of carbonyl (C=O) groups excluding carboxylic acids is 1. The maximum Gasteiger partial charge on any atom is 0.410 e. The summed E-state index contributed by atoms with van der Waals surface area (Å²) >= 11 is 0. The molecule has 6 heteroatoms. The first-order valence-corrected chi connectivity index (χ1v) is 8.22. The standard InChI is InChI=1S/C17H22N4O2/c1-19-11-17(23-16(19)22)7-4-8-20(12-17)9-10-21-13-18-14-5-2-3-6-15(14)21/h2-3,5-6,13H,4,7-12H2,1H3. The van der Waals surface area contributed by atoms with E-state index in [2.05, 4.69) is 20.5 Å². The average molecular weight is 314 g/mol. The minimum atomic E-state index is -0.304. The lowest BCUT2D eigenvalue weighted by atomic mass is 9.93. The zero-order chi connectivity index (χ0) is 15.9. The van der Waals surface area contributed by atoms with Gasteiger partial charge in [0.1, 0.15) is 5.60 Å². The van der Waals surface area contributed by atoms with Crippen LogP contribution in [0.4, 0.5) is 4.79 Å². The van der Waals surface area contributed by atoms with Gasteiger partial charge >= 0.3 is 6.09 Å². The van der Waals surface area contributed by atoms with Crippen molar-refractivity contribution in [3.8, 4) is 0 Å². The molecule has 0 radical (unpaired) electrons. The number of para-hydroxylation sites is 2. The third-order valence-electron chi connectivity index (χ3n) is 4.94. The van der Waals surface area contributed by atoms with Crippen molar-refractivity contribution in [2.45, 2.75) is 25.0 Å².